The van der Waals surface area contributed by atoms with E-state index in [1.807, 2.05) is 6.07 Å². The molecular weight excluding hydrogens is 314 g/mol. The van der Waals surface area contributed by atoms with E-state index in [4.69, 9.17) is 17.3 Å². The molecule has 0 unspecified atom stereocenters. The summed E-state index contributed by atoms with van der Waals surface area (Å²) in [6, 6.07) is 15.9. The minimum absolute atomic E-state index is 0.0842. The normalized spacial score (nSPS) is 10.2. The molecule has 0 spiro atoms. The Morgan fingerprint density at radius 3 is 2.13 bits per heavy atom. The van der Waals surface area contributed by atoms with E-state index in [2.05, 4.69) is 0 Å². The van der Waals surface area contributed by atoms with Crippen LogP contribution < -0.4 is 15.5 Å². The number of para-hydroxylation sites is 1. The van der Waals surface area contributed by atoms with Gasteiger partial charge in [-0.25, -0.2) is 0 Å². The van der Waals surface area contributed by atoms with Crippen molar-refractivity contribution in [3.63, 3.8) is 0 Å². The van der Waals surface area contributed by atoms with Gasteiger partial charge >= 0.3 is 0 Å². The van der Waals surface area contributed by atoms with Gasteiger partial charge in [-0.05, 0) is 36.4 Å². The summed E-state index contributed by atoms with van der Waals surface area (Å²) < 4.78 is 0. The molecule has 23 heavy (non-hydrogen) atoms. The topological polar surface area (TPSA) is 66.6 Å². The second kappa shape index (κ2) is 7.76. The fourth-order valence-electron chi connectivity index (χ4n) is 2.09. The van der Waals surface area contributed by atoms with E-state index in [0.29, 0.717) is 16.4 Å². The third-order valence-corrected chi connectivity index (χ3v) is 3.68. The summed E-state index contributed by atoms with van der Waals surface area (Å²) in [6.07, 6.45) is 0. The number of benzene rings is 2. The number of likely N-dealkylation sites (N-methyl/N-ethyl adjacent to an activating group) is 1. The number of halogens is 1. The zero-order valence-corrected chi connectivity index (χ0v) is 13.5. The number of amides is 2. The summed E-state index contributed by atoms with van der Waals surface area (Å²) in [7, 11) is 1.65. The molecule has 0 fully saturated rings. The van der Waals surface area contributed by atoms with Crippen LogP contribution in [0.3, 0.4) is 0 Å². The molecule has 2 rings (SSSR count). The van der Waals surface area contributed by atoms with Crippen LogP contribution in [0.25, 0.3) is 0 Å². The molecule has 2 amide bonds. The molecule has 2 aromatic rings. The lowest BCUT2D eigenvalue weighted by molar-refractivity contribution is -0.121. The number of nitrogens with two attached hydrogens (primary N) is 1. The Balaban J connectivity index is 2.17. The molecular formula is C17H18ClN3O2. The van der Waals surface area contributed by atoms with E-state index in [1.54, 1.807) is 55.6 Å². The largest absolute Gasteiger partial charge is 0.322 e. The summed E-state index contributed by atoms with van der Waals surface area (Å²) in [5.74, 6) is -0.535. The van der Waals surface area contributed by atoms with Crippen molar-refractivity contribution in [2.24, 2.45) is 5.73 Å². The Labute approximate surface area is 140 Å². The molecule has 0 saturated heterocycles. The average Bonchev–Trinajstić information content (AvgIpc) is 2.59. The lowest BCUT2D eigenvalue weighted by Gasteiger charge is -2.25. The Morgan fingerprint density at radius 1 is 0.957 bits per heavy atom. The van der Waals surface area contributed by atoms with E-state index >= 15 is 0 Å². The monoisotopic (exact) mass is 331 g/mol. The number of carbonyl (C=O) groups is 2. The van der Waals surface area contributed by atoms with Gasteiger partial charge in [0.2, 0.25) is 11.8 Å². The fraction of sp³-hybridized carbons (Fsp3) is 0.176. The minimum Gasteiger partial charge on any atom is -0.322 e. The zero-order chi connectivity index (χ0) is 16.8. The molecule has 0 aliphatic heterocycles. The van der Waals surface area contributed by atoms with Crippen LogP contribution in [0.15, 0.2) is 54.6 Å². The quantitative estimate of drug-likeness (QED) is 0.914. The van der Waals surface area contributed by atoms with Crippen LogP contribution in [0, 0.1) is 0 Å². The highest BCUT2D eigenvalue weighted by Crippen LogP contribution is 2.18. The molecule has 0 aliphatic rings. The van der Waals surface area contributed by atoms with Crippen LogP contribution in [0.5, 0.6) is 0 Å². The average molecular weight is 332 g/mol. The van der Waals surface area contributed by atoms with Gasteiger partial charge in [0.25, 0.3) is 0 Å². The molecule has 2 N–H and O–H groups in total. The molecule has 0 bridgehead atoms. The van der Waals surface area contributed by atoms with Gasteiger partial charge in [-0.15, -0.1) is 0 Å². The first-order valence-corrected chi connectivity index (χ1v) is 7.48. The van der Waals surface area contributed by atoms with Crippen LogP contribution in [0.4, 0.5) is 11.4 Å². The summed E-state index contributed by atoms with van der Waals surface area (Å²) in [5, 5.41) is 0.596. The van der Waals surface area contributed by atoms with Crippen LogP contribution in [0.2, 0.25) is 5.02 Å². The Kier molecular flexibility index (Phi) is 5.73. The van der Waals surface area contributed by atoms with Crippen molar-refractivity contribution in [2.75, 3.05) is 29.9 Å². The van der Waals surface area contributed by atoms with Gasteiger partial charge in [0.15, 0.2) is 0 Å². The summed E-state index contributed by atoms with van der Waals surface area (Å²) in [5.41, 5.74) is 6.80. The first-order valence-electron chi connectivity index (χ1n) is 7.10. The highest BCUT2D eigenvalue weighted by Gasteiger charge is 2.20. The Hall–Kier alpha value is -2.37. The maximum absolute atomic E-state index is 12.5. The molecule has 0 heterocycles. The van der Waals surface area contributed by atoms with Gasteiger partial charge in [-0.1, -0.05) is 29.8 Å². The maximum atomic E-state index is 12.5. The highest BCUT2D eigenvalue weighted by atomic mass is 35.5. The van der Waals surface area contributed by atoms with Gasteiger partial charge in [0.1, 0.15) is 6.54 Å². The molecule has 6 heteroatoms. The van der Waals surface area contributed by atoms with Crippen molar-refractivity contribution in [3.8, 4) is 0 Å². The number of anilines is 2. The second-order valence-electron chi connectivity index (χ2n) is 4.95. The first-order chi connectivity index (χ1) is 11.0. The minimum atomic E-state index is -0.311. The molecule has 0 saturated carbocycles. The lowest BCUT2D eigenvalue weighted by atomic mass is 10.2. The summed E-state index contributed by atoms with van der Waals surface area (Å²) >= 11 is 5.85. The van der Waals surface area contributed by atoms with Crippen LogP contribution in [-0.4, -0.2) is 32.0 Å². The number of carbonyl (C=O) groups excluding carboxylic acids is 2. The van der Waals surface area contributed by atoms with Crippen molar-refractivity contribution in [1.29, 1.82) is 0 Å². The van der Waals surface area contributed by atoms with Crippen LogP contribution >= 0.6 is 11.6 Å². The number of hydrogen-bond acceptors (Lipinski definition) is 3. The number of hydrogen-bond donors (Lipinski definition) is 1. The fourth-order valence-corrected chi connectivity index (χ4v) is 2.22. The van der Waals surface area contributed by atoms with Crippen molar-refractivity contribution in [2.45, 2.75) is 0 Å². The second-order valence-corrected chi connectivity index (χ2v) is 5.39. The van der Waals surface area contributed by atoms with Gasteiger partial charge in [-0.3, -0.25) is 9.59 Å². The van der Waals surface area contributed by atoms with Gasteiger partial charge in [0.05, 0.1) is 6.54 Å². The maximum Gasteiger partial charge on any atom is 0.246 e. The van der Waals surface area contributed by atoms with E-state index in [0.717, 1.165) is 0 Å². The Morgan fingerprint density at radius 2 is 1.57 bits per heavy atom. The van der Waals surface area contributed by atoms with E-state index in [1.165, 1.54) is 9.80 Å². The molecule has 120 valence electrons. The van der Waals surface area contributed by atoms with Gasteiger partial charge in [-0.2, -0.15) is 0 Å². The van der Waals surface area contributed by atoms with Crippen LogP contribution in [0.1, 0.15) is 0 Å². The molecule has 0 aliphatic carbocycles. The van der Waals surface area contributed by atoms with Crippen LogP contribution in [-0.2, 0) is 9.59 Å². The number of nitrogens with zero attached hydrogens (tertiary/aromatic N) is 2. The van der Waals surface area contributed by atoms with Crippen molar-refractivity contribution < 1.29 is 9.59 Å². The van der Waals surface area contributed by atoms with Crippen molar-refractivity contribution >= 4 is 34.8 Å². The third-order valence-electron chi connectivity index (χ3n) is 3.42. The lowest BCUT2D eigenvalue weighted by Crippen LogP contribution is -2.44. The number of rotatable bonds is 5. The Bertz CT molecular complexity index is 674. The van der Waals surface area contributed by atoms with Crippen molar-refractivity contribution in [1.82, 2.24) is 0 Å². The predicted octanol–water partition coefficient (Wildman–Crippen LogP) is 2.29. The summed E-state index contributed by atoms with van der Waals surface area (Å²) in [6.45, 7) is -0.244. The molecule has 0 aromatic heterocycles. The standard InChI is InChI=1S/C17H18ClN3O2/c1-20(14-9-7-13(18)8-10-14)17(23)12-21(16(22)11-19)15-5-3-2-4-6-15/h2-10H,11-12,19H2,1H3. The SMILES string of the molecule is CN(C(=O)CN(C(=O)CN)c1ccccc1)c1ccc(Cl)cc1. The first kappa shape index (κ1) is 17.0. The van der Waals surface area contributed by atoms with Crippen molar-refractivity contribution in [3.05, 3.63) is 59.6 Å². The molecule has 5 nitrogen and oxygen atoms in total. The smallest absolute Gasteiger partial charge is 0.246 e. The van der Waals surface area contributed by atoms with E-state index in [-0.39, 0.29) is 24.9 Å². The van der Waals surface area contributed by atoms with Gasteiger partial charge < -0.3 is 15.5 Å². The highest BCUT2D eigenvalue weighted by molar-refractivity contribution is 6.30. The summed E-state index contributed by atoms with van der Waals surface area (Å²) in [4.78, 5) is 27.4. The molecule has 0 radical (unpaired) electrons. The van der Waals surface area contributed by atoms with Gasteiger partial charge in [0, 0.05) is 23.4 Å². The molecule has 0 atom stereocenters. The predicted molar refractivity (Wildman–Crippen MR) is 92.7 cm³/mol. The molecule has 2 aromatic carbocycles. The van der Waals surface area contributed by atoms with E-state index < -0.39 is 0 Å². The third kappa shape index (κ3) is 4.31. The van der Waals surface area contributed by atoms with E-state index in [9.17, 15) is 9.59 Å². The zero-order valence-electron chi connectivity index (χ0n) is 12.8.